The Balaban J connectivity index is 1.49. The summed E-state index contributed by atoms with van der Waals surface area (Å²) in [5.41, 5.74) is 1.58. The van der Waals surface area contributed by atoms with Gasteiger partial charge in [0.15, 0.2) is 0 Å². The molecule has 2 aromatic rings. The van der Waals surface area contributed by atoms with Crippen molar-refractivity contribution in [3.05, 3.63) is 66.2 Å². The van der Waals surface area contributed by atoms with E-state index in [2.05, 4.69) is 0 Å². The lowest BCUT2D eigenvalue weighted by Crippen LogP contribution is -2.51. The third-order valence-corrected chi connectivity index (χ3v) is 5.17. The zero-order valence-corrected chi connectivity index (χ0v) is 14.6. The third-order valence-electron chi connectivity index (χ3n) is 5.17. The van der Waals surface area contributed by atoms with Crippen molar-refractivity contribution in [1.82, 2.24) is 4.90 Å². The quantitative estimate of drug-likeness (QED) is 0.836. The first kappa shape index (κ1) is 16.8. The van der Waals surface area contributed by atoms with Gasteiger partial charge in [-0.05, 0) is 30.7 Å². The molecular formula is C21H22N2O3. The highest BCUT2D eigenvalue weighted by Gasteiger charge is 2.40. The topological polar surface area (TPSA) is 49.9 Å². The van der Waals surface area contributed by atoms with Crippen molar-refractivity contribution in [2.45, 2.75) is 12.5 Å². The van der Waals surface area contributed by atoms with E-state index in [9.17, 15) is 9.59 Å². The molecule has 0 N–H and O–H groups in total. The van der Waals surface area contributed by atoms with Crippen LogP contribution in [0.4, 0.5) is 5.69 Å². The molecule has 2 aromatic carbocycles. The standard InChI is InChI=1S/C21H22N2O3/c24-20(16-7-3-1-4-8-16)22-12-11-18-19(15-22)26-14-13-23(21(18)25)17-9-5-2-6-10-17/h1-10,18-19H,11-15H2/t18-,19+/m1/s1. The number of benzene rings is 2. The van der Waals surface area contributed by atoms with E-state index >= 15 is 0 Å². The first-order valence-corrected chi connectivity index (χ1v) is 9.06. The number of ether oxygens (including phenoxy) is 1. The van der Waals surface area contributed by atoms with Gasteiger partial charge in [0.2, 0.25) is 5.91 Å². The van der Waals surface area contributed by atoms with Crippen LogP contribution in [-0.2, 0) is 9.53 Å². The molecule has 2 heterocycles. The van der Waals surface area contributed by atoms with E-state index in [0.29, 0.717) is 38.2 Å². The van der Waals surface area contributed by atoms with Crippen LogP contribution in [0.25, 0.3) is 0 Å². The van der Waals surface area contributed by atoms with Crippen molar-refractivity contribution in [3.63, 3.8) is 0 Å². The summed E-state index contributed by atoms with van der Waals surface area (Å²) in [6.45, 7) is 2.07. The molecule has 2 aliphatic heterocycles. The Morgan fingerprint density at radius 2 is 1.65 bits per heavy atom. The molecule has 0 saturated carbocycles. The number of anilines is 1. The monoisotopic (exact) mass is 350 g/mol. The van der Waals surface area contributed by atoms with Crippen LogP contribution in [0.1, 0.15) is 16.8 Å². The Hall–Kier alpha value is -2.66. The van der Waals surface area contributed by atoms with E-state index in [1.807, 2.05) is 70.5 Å². The Bertz CT molecular complexity index is 778. The predicted octanol–water partition coefficient (Wildman–Crippen LogP) is 2.58. The fraction of sp³-hybridized carbons (Fsp3) is 0.333. The van der Waals surface area contributed by atoms with Crippen molar-refractivity contribution in [1.29, 1.82) is 0 Å². The molecule has 134 valence electrons. The molecule has 5 heteroatoms. The van der Waals surface area contributed by atoms with E-state index in [1.54, 1.807) is 0 Å². The number of carbonyl (C=O) groups excluding carboxylic acids is 2. The second-order valence-electron chi connectivity index (χ2n) is 6.75. The second-order valence-corrected chi connectivity index (χ2v) is 6.75. The minimum Gasteiger partial charge on any atom is -0.374 e. The Morgan fingerprint density at radius 3 is 2.38 bits per heavy atom. The van der Waals surface area contributed by atoms with Crippen molar-refractivity contribution >= 4 is 17.5 Å². The highest BCUT2D eigenvalue weighted by Crippen LogP contribution is 2.28. The smallest absolute Gasteiger partial charge is 0.253 e. The molecule has 0 bridgehead atoms. The van der Waals surface area contributed by atoms with E-state index in [1.165, 1.54) is 0 Å². The fourth-order valence-corrected chi connectivity index (χ4v) is 3.79. The third kappa shape index (κ3) is 3.22. The lowest BCUT2D eigenvalue weighted by Gasteiger charge is -2.37. The van der Waals surface area contributed by atoms with Gasteiger partial charge in [0.1, 0.15) is 0 Å². The Kier molecular flexibility index (Phi) is 4.71. The SMILES string of the molecule is O=C(c1ccccc1)N1CC[C@H]2C(=O)N(c3ccccc3)CCO[C@H]2C1. The van der Waals surface area contributed by atoms with E-state index in [-0.39, 0.29) is 23.8 Å². The maximum atomic E-state index is 13.1. The zero-order chi connectivity index (χ0) is 17.9. The molecule has 2 aliphatic rings. The number of rotatable bonds is 2. The predicted molar refractivity (Wildman–Crippen MR) is 99.0 cm³/mol. The minimum atomic E-state index is -0.238. The lowest BCUT2D eigenvalue weighted by molar-refractivity contribution is -0.127. The highest BCUT2D eigenvalue weighted by atomic mass is 16.5. The Morgan fingerprint density at radius 1 is 0.962 bits per heavy atom. The molecule has 2 atom stereocenters. The molecule has 2 fully saturated rings. The van der Waals surface area contributed by atoms with Crippen LogP contribution >= 0.6 is 0 Å². The number of amides is 2. The number of carbonyl (C=O) groups is 2. The summed E-state index contributed by atoms with van der Waals surface area (Å²) < 4.78 is 5.99. The molecule has 0 aromatic heterocycles. The average molecular weight is 350 g/mol. The average Bonchev–Trinajstić information content (AvgIpc) is 2.87. The summed E-state index contributed by atoms with van der Waals surface area (Å²) in [6.07, 6.45) is 0.392. The molecular weight excluding hydrogens is 328 g/mol. The number of nitrogens with zero attached hydrogens (tertiary/aromatic N) is 2. The van der Waals surface area contributed by atoms with Gasteiger partial charge in [-0.15, -0.1) is 0 Å². The molecule has 4 rings (SSSR count). The summed E-state index contributed by atoms with van der Waals surface area (Å²) in [5, 5.41) is 0. The summed E-state index contributed by atoms with van der Waals surface area (Å²) in [6, 6.07) is 19.0. The van der Waals surface area contributed by atoms with Crippen LogP contribution in [0, 0.1) is 5.92 Å². The summed E-state index contributed by atoms with van der Waals surface area (Å²) in [7, 11) is 0. The highest BCUT2D eigenvalue weighted by molar-refractivity contribution is 5.97. The van der Waals surface area contributed by atoms with Crippen LogP contribution in [0.5, 0.6) is 0 Å². The van der Waals surface area contributed by atoms with Gasteiger partial charge in [-0.25, -0.2) is 0 Å². The van der Waals surface area contributed by atoms with Gasteiger partial charge in [-0.3, -0.25) is 9.59 Å². The number of likely N-dealkylation sites (tertiary alicyclic amines) is 1. The van der Waals surface area contributed by atoms with Crippen LogP contribution in [0.2, 0.25) is 0 Å². The minimum absolute atomic E-state index is 0.00395. The maximum absolute atomic E-state index is 13.1. The van der Waals surface area contributed by atoms with Crippen LogP contribution in [-0.4, -0.2) is 49.1 Å². The number of para-hydroxylation sites is 1. The van der Waals surface area contributed by atoms with Gasteiger partial charge >= 0.3 is 0 Å². The molecule has 0 spiro atoms. The molecule has 0 unspecified atom stereocenters. The fourth-order valence-electron chi connectivity index (χ4n) is 3.79. The molecule has 0 radical (unpaired) electrons. The molecule has 26 heavy (non-hydrogen) atoms. The van der Waals surface area contributed by atoms with E-state index < -0.39 is 0 Å². The number of fused-ring (bicyclic) bond motifs is 1. The number of hydrogen-bond donors (Lipinski definition) is 0. The van der Waals surface area contributed by atoms with Gasteiger partial charge in [0, 0.05) is 30.9 Å². The van der Waals surface area contributed by atoms with E-state index in [0.717, 1.165) is 5.69 Å². The van der Waals surface area contributed by atoms with Crippen molar-refractivity contribution < 1.29 is 14.3 Å². The van der Waals surface area contributed by atoms with Gasteiger partial charge in [-0.1, -0.05) is 36.4 Å². The number of piperidine rings is 1. The molecule has 0 aliphatic carbocycles. The van der Waals surface area contributed by atoms with Crippen LogP contribution in [0.15, 0.2) is 60.7 Å². The molecule has 5 nitrogen and oxygen atoms in total. The largest absolute Gasteiger partial charge is 0.374 e. The normalized spacial score (nSPS) is 23.3. The zero-order valence-electron chi connectivity index (χ0n) is 14.6. The first-order chi connectivity index (χ1) is 12.7. The summed E-state index contributed by atoms with van der Waals surface area (Å²) >= 11 is 0. The number of hydrogen-bond acceptors (Lipinski definition) is 3. The van der Waals surface area contributed by atoms with Crippen molar-refractivity contribution in [3.8, 4) is 0 Å². The summed E-state index contributed by atoms with van der Waals surface area (Å²) in [5.74, 6) is -0.0905. The van der Waals surface area contributed by atoms with Crippen molar-refractivity contribution in [2.75, 3.05) is 31.1 Å². The van der Waals surface area contributed by atoms with E-state index in [4.69, 9.17) is 4.74 Å². The van der Waals surface area contributed by atoms with Gasteiger partial charge in [0.25, 0.3) is 5.91 Å². The van der Waals surface area contributed by atoms with Crippen molar-refractivity contribution in [2.24, 2.45) is 5.92 Å². The van der Waals surface area contributed by atoms with Crippen LogP contribution < -0.4 is 4.90 Å². The van der Waals surface area contributed by atoms with Gasteiger partial charge in [0.05, 0.1) is 18.6 Å². The molecule has 2 amide bonds. The van der Waals surface area contributed by atoms with Gasteiger partial charge < -0.3 is 14.5 Å². The first-order valence-electron chi connectivity index (χ1n) is 9.06. The Labute approximate surface area is 153 Å². The second kappa shape index (κ2) is 7.30. The maximum Gasteiger partial charge on any atom is 0.253 e. The summed E-state index contributed by atoms with van der Waals surface area (Å²) in [4.78, 5) is 29.4. The lowest BCUT2D eigenvalue weighted by atomic mass is 9.92. The molecule has 2 saturated heterocycles. The van der Waals surface area contributed by atoms with Gasteiger partial charge in [-0.2, -0.15) is 0 Å². The van der Waals surface area contributed by atoms with Crippen LogP contribution in [0.3, 0.4) is 0 Å².